The van der Waals surface area contributed by atoms with E-state index < -0.39 is 114 Å². The summed E-state index contributed by atoms with van der Waals surface area (Å²) in [6.07, 6.45) is -5.00. The molecule has 0 fully saturated rings. The average Bonchev–Trinajstić information content (AvgIpc) is 0.792. The Hall–Kier alpha value is -11.4. The third-order valence-corrected chi connectivity index (χ3v) is 15.2. The van der Waals surface area contributed by atoms with Crippen molar-refractivity contribution in [3.63, 3.8) is 0 Å². The number of hydrogen-bond donors (Lipinski definition) is 6. The molecule has 0 spiro atoms. The van der Waals surface area contributed by atoms with Crippen LogP contribution < -0.4 is 41.2 Å². The smallest absolute Gasteiger partial charge is 0.408 e. The van der Waals surface area contributed by atoms with Crippen LogP contribution in [0.25, 0.3) is 11.1 Å². The zero-order chi connectivity index (χ0) is 69.3. The fourth-order valence-electron chi connectivity index (χ4n) is 10.1. The number of ether oxygens (including phenoxy) is 6. The molecule has 23 heteroatoms. The van der Waals surface area contributed by atoms with Gasteiger partial charge in [0.05, 0.1) is 12.1 Å². The van der Waals surface area contributed by atoms with Crippen LogP contribution in [-0.2, 0) is 85.7 Å². The summed E-state index contributed by atoms with van der Waals surface area (Å²) in [4.78, 5) is 84.2. The third-order valence-electron chi connectivity index (χ3n) is 15.2. The van der Waals surface area contributed by atoms with Crippen molar-refractivity contribution in [2.24, 2.45) is 5.73 Å². The van der Waals surface area contributed by atoms with Gasteiger partial charge in [0, 0.05) is 25.8 Å². The van der Waals surface area contributed by atoms with Gasteiger partial charge in [-0.05, 0) is 86.3 Å². The second-order valence-electron chi connectivity index (χ2n) is 22.5. The van der Waals surface area contributed by atoms with Crippen molar-refractivity contribution in [2.75, 3.05) is 6.54 Å². The molecule has 0 saturated heterocycles. The second-order valence-corrected chi connectivity index (χ2v) is 22.5. The highest BCUT2D eigenvalue weighted by molar-refractivity contribution is 5.92. The molecule has 18 nitrogen and oxygen atoms in total. The molecule has 9 rings (SSSR count). The topological polar surface area (TPSA) is 252 Å². The van der Waals surface area contributed by atoms with Crippen LogP contribution in [-0.4, -0.2) is 77.9 Å². The monoisotopic (exact) mass is 1340 g/mol. The number of nitrogens with two attached hydrogens (primary N) is 1. The van der Waals surface area contributed by atoms with E-state index in [1.54, 1.807) is 188 Å². The van der Waals surface area contributed by atoms with Crippen molar-refractivity contribution in [3.05, 3.63) is 292 Å². The Balaban J connectivity index is 1.07. The lowest BCUT2D eigenvalue weighted by Gasteiger charge is -2.25. The van der Waals surface area contributed by atoms with Crippen LogP contribution in [0, 0.1) is 29.1 Å². The number of carbonyl (C=O) groups excluding carboxylic acids is 6. The molecule has 506 valence electrons. The number of halogens is 5. The van der Waals surface area contributed by atoms with Crippen molar-refractivity contribution < 1.29 is 84.2 Å². The lowest BCUT2D eigenvalue weighted by Crippen LogP contribution is -2.56. The molecule has 7 N–H and O–H groups in total. The van der Waals surface area contributed by atoms with Crippen molar-refractivity contribution in [2.45, 2.75) is 89.0 Å². The summed E-state index contributed by atoms with van der Waals surface area (Å²) in [5, 5.41) is 21.4. The number of rotatable bonds is 31. The molecular formula is C75H68F5N5O13. The van der Waals surface area contributed by atoms with Gasteiger partial charge in [-0.2, -0.15) is 8.78 Å². The summed E-state index contributed by atoms with van der Waals surface area (Å²) in [5.41, 5.74) is 11.6. The van der Waals surface area contributed by atoms with E-state index in [0.717, 1.165) is 5.56 Å². The summed E-state index contributed by atoms with van der Waals surface area (Å²) in [5.74, 6) is -18.2. The quantitative estimate of drug-likeness (QED) is 0.00591. The van der Waals surface area contributed by atoms with E-state index in [1.165, 1.54) is 12.1 Å². The van der Waals surface area contributed by atoms with Gasteiger partial charge in [0.2, 0.25) is 46.6 Å². The molecule has 0 aliphatic heterocycles. The van der Waals surface area contributed by atoms with Gasteiger partial charge in [0.15, 0.2) is 0 Å². The largest absolute Gasteiger partial charge is 0.489 e. The lowest BCUT2D eigenvalue weighted by molar-refractivity contribution is -0.149. The van der Waals surface area contributed by atoms with Crippen LogP contribution in [0.2, 0.25) is 0 Å². The maximum absolute atomic E-state index is 15.2. The van der Waals surface area contributed by atoms with E-state index in [2.05, 4.69) is 21.3 Å². The van der Waals surface area contributed by atoms with Crippen molar-refractivity contribution in [1.29, 1.82) is 0 Å². The maximum Gasteiger partial charge on any atom is 0.408 e. The van der Waals surface area contributed by atoms with E-state index in [0.29, 0.717) is 38.9 Å². The molecule has 9 aromatic rings. The van der Waals surface area contributed by atoms with Crippen molar-refractivity contribution in [1.82, 2.24) is 21.3 Å². The molecule has 0 radical (unpaired) electrons. The Bertz CT molecular complexity index is 4130. The predicted molar refractivity (Wildman–Crippen MR) is 350 cm³/mol. The van der Waals surface area contributed by atoms with Gasteiger partial charge >= 0.3 is 24.1 Å². The van der Waals surface area contributed by atoms with Crippen molar-refractivity contribution in [3.8, 4) is 28.4 Å². The molecule has 98 heavy (non-hydrogen) atoms. The van der Waals surface area contributed by atoms with Crippen LogP contribution in [0.5, 0.6) is 17.2 Å². The number of aliphatic hydroxyl groups excluding tert-OH is 1. The molecule has 0 aliphatic carbocycles. The van der Waals surface area contributed by atoms with Gasteiger partial charge in [-0.15, -0.1) is 0 Å². The zero-order valence-electron chi connectivity index (χ0n) is 52.6. The summed E-state index contributed by atoms with van der Waals surface area (Å²) in [6.45, 7) is -0.961. The Kier molecular flexibility index (Phi) is 25.6. The van der Waals surface area contributed by atoms with Crippen LogP contribution >= 0.6 is 0 Å². The number of aliphatic hydroxyl groups is 1. The molecule has 5 atom stereocenters. The van der Waals surface area contributed by atoms with Gasteiger partial charge in [0.1, 0.15) is 62.7 Å². The Labute approximate surface area is 560 Å². The highest BCUT2D eigenvalue weighted by Crippen LogP contribution is 2.34. The molecule has 0 heterocycles. The molecule has 0 bridgehead atoms. The van der Waals surface area contributed by atoms with E-state index in [9.17, 15) is 42.3 Å². The first-order valence-electron chi connectivity index (χ1n) is 31.0. The van der Waals surface area contributed by atoms with Crippen molar-refractivity contribution >= 4 is 35.9 Å². The molecular weight excluding hydrogens is 1270 g/mol. The van der Waals surface area contributed by atoms with Crippen LogP contribution in [0.3, 0.4) is 0 Å². The van der Waals surface area contributed by atoms with E-state index in [1.807, 2.05) is 18.2 Å². The van der Waals surface area contributed by atoms with E-state index >= 15 is 13.6 Å². The highest BCUT2D eigenvalue weighted by atomic mass is 19.2. The highest BCUT2D eigenvalue weighted by Gasteiger charge is 2.34. The van der Waals surface area contributed by atoms with Gasteiger partial charge in [0.25, 0.3) is 0 Å². The minimum atomic E-state index is -2.51. The molecule has 0 saturated carbocycles. The number of nitrogens with one attached hydrogen (secondary N) is 4. The second kappa shape index (κ2) is 35.4. The summed E-state index contributed by atoms with van der Waals surface area (Å²) >= 11 is 0. The first kappa shape index (κ1) is 70.9. The fourth-order valence-corrected chi connectivity index (χ4v) is 10.1. The van der Waals surface area contributed by atoms with Crippen LogP contribution in [0.1, 0.15) is 50.9 Å². The van der Waals surface area contributed by atoms with E-state index in [-0.39, 0.29) is 75.0 Å². The Morgan fingerprint density at radius 2 is 0.776 bits per heavy atom. The van der Waals surface area contributed by atoms with E-state index in [4.69, 9.17) is 34.2 Å². The van der Waals surface area contributed by atoms with Gasteiger partial charge in [-0.3, -0.25) is 9.59 Å². The van der Waals surface area contributed by atoms with Crippen LogP contribution in [0.15, 0.2) is 218 Å². The third kappa shape index (κ3) is 20.8. The molecule has 0 unspecified atom stereocenters. The fraction of sp³-hybridized carbons (Fsp3) is 0.200. The molecule has 0 aliphatic rings. The van der Waals surface area contributed by atoms with Gasteiger partial charge in [-0.1, -0.05) is 194 Å². The van der Waals surface area contributed by atoms with Gasteiger partial charge in [-0.25, -0.2) is 32.3 Å². The first-order valence-corrected chi connectivity index (χ1v) is 31.0. The number of esters is 2. The molecule has 4 amide bonds. The zero-order valence-corrected chi connectivity index (χ0v) is 52.6. The normalized spacial score (nSPS) is 12.5. The lowest BCUT2D eigenvalue weighted by atomic mass is 9.95. The number of hydrogen-bond acceptors (Lipinski definition) is 14. The first-order chi connectivity index (χ1) is 47.4. The summed E-state index contributed by atoms with van der Waals surface area (Å²) in [7, 11) is 0. The SMILES string of the molecule is N[C@@H](C[C@@H](O)CNC(=O)OCc1ccccc1)C(=O)N[C@@H](Cc1cc(-c2ccc(OCc3ccccc3)c(C[C@H](NC(=O)OCc3ccccc3)C(=O)Oc3c(F)c(F)c(F)c(F)c3F)c2)ccc1OCc1ccccc1)C(=O)N[C@@H](Cc1ccccc1)C(=O)OCc1ccccc1. The maximum atomic E-state index is 15.2. The number of carbonyl (C=O) groups is 6. The Morgan fingerprint density at radius 1 is 0.398 bits per heavy atom. The number of amides is 4. The summed E-state index contributed by atoms with van der Waals surface area (Å²) in [6, 6.07) is 55.9. The number of alkyl carbamates (subject to hydrolysis) is 2. The minimum Gasteiger partial charge on any atom is -0.489 e. The standard InChI is InChI=1S/C75H68F5N5O13/c76-64-65(77)67(79)69(68(80)66(64)78)98-73(90)61(85-75(92)97-46-52-29-17-6-18-30-52)39-56-37-54(32-34-63(56)94-43-49-23-11-3-12-24-49)53-31-33-62(93-42-48-21-9-2-10-22-48)55(36-53)38-59(83-70(87)58(81)40-57(86)41-82-74(91)96-45-51-27-15-5-16-28-51)71(88)84-60(35-47-19-7-1-8-20-47)72(89)95-44-50-25-13-4-14-26-50/h1-34,36-37,57-61,86H,35,38-46,81H2,(H,82,91)(H,83,87)(H,84,88)(H,85,92)/t57-,58+,59+,60+,61+/m1/s1. The average molecular weight is 1340 g/mol. The molecule has 9 aromatic carbocycles. The number of benzene rings is 9. The summed E-state index contributed by atoms with van der Waals surface area (Å²) < 4.78 is 108. The minimum absolute atomic E-state index is 0.000280. The van der Waals surface area contributed by atoms with Crippen LogP contribution in [0.4, 0.5) is 31.5 Å². The van der Waals surface area contributed by atoms with Gasteiger partial charge < -0.3 is 60.5 Å². The molecule has 0 aromatic heterocycles. The Morgan fingerprint density at radius 3 is 1.23 bits per heavy atom. The predicted octanol–water partition coefficient (Wildman–Crippen LogP) is 11.2.